The van der Waals surface area contributed by atoms with Crippen LogP contribution in [0.4, 0.5) is 14.5 Å². The molecule has 1 aliphatic heterocycles. The number of hydrogen-bond donors (Lipinski definition) is 1. The van der Waals surface area contributed by atoms with Crippen molar-refractivity contribution in [1.29, 1.82) is 0 Å². The number of carbonyl (C=O) groups excluding carboxylic acids is 2. The summed E-state index contributed by atoms with van der Waals surface area (Å²) in [7, 11) is 0. The average Bonchev–Trinajstić information content (AvgIpc) is 2.97. The summed E-state index contributed by atoms with van der Waals surface area (Å²) in [6.07, 6.45) is 3.95. The van der Waals surface area contributed by atoms with Crippen LogP contribution < -0.4 is 10.2 Å². The minimum atomic E-state index is -2.72. The lowest BCUT2D eigenvalue weighted by atomic mass is 10.1. The van der Waals surface area contributed by atoms with Gasteiger partial charge >= 0.3 is 0 Å². The molecule has 2 heterocycles. The summed E-state index contributed by atoms with van der Waals surface area (Å²) in [5.74, 6) is -3.25. The molecule has 0 saturated heterocycles. The topological polar surface area (TPSA) is 67.2 Å². The molecular weight excluding hydrogens is 342 g/mol. The summed E-state index contributed by atoms with van der Waals surface area (Å²) in [5, 5.41) is 6.71. The number of halogens is 2. The van der Waals surface area contributed by atoms with Gasteiger partial charge in [0.25, 0.3) is 17.7 Å². The van der Waals surface area contributed by atoms with Crippen molar-refractivity contribution in [2.45, 2.75) is 31.5 Å². The third kappa shape index (κ3) is 2.77. The zero-order valence-electron chi connectivity index (χ0n) is 13.8. The number of aromatic nitrogens is 2. The normalized spacial score (nSPS) is 19.6. The van der Waals surface area contributed by atoms with Crippen LogP contribution in [0.3, 0.4) is 0 Å². The van der Waals surface area contributed by atoms with E-state index in [4.69, 9.17) is 0 Å². The van der Waals surface area contributed by atoms with Crippen molar-refractivity contribution in [2.24, 2.45) is 0 Å². The Bertz CT molecular complexity index is 922. The Morgan fingerprint density at radius 1 is 1.50 bits per heavy atom. The van der Waals surface area contributed by atoms with Crippen LogP contribution in [0.5, 0.6) is 0 Å². The fourth-order valence-corrected chi connectivity index (χ4v) is 3.07. The summed E-state index contributed by atoms with van der Waals surface area (Å²) in [6, 6.07) is 4.28. The van der Waals surface area contributed by atoms with Crippen LogP contribution in [0.15, 0.2) is 43.2 Å². The van der Waals surface area contributed by atoms with Gasteiger partial charge in [0, 0.05) is 36.0 Å². The second-order valence-corrected chi connectivity index (χ2v) is 6.46. The third-order valence-electron chi connectivity index (χ3n) is 4.64. The van der Waals surface area contributed by atoms with Crippen molar-refractivity contribution in [2.75, 3.05) is 4.90 Å². The smallest absolute Gasteiger partial charge is 0.272 e. The molecule has 26 heavy (non-hydrogen) atoms. The van der Waals surface area contributed by atoms with Crippen molar-refractivity contribution in [1.82, 2.24) is 15.1 Å². The highest BCUT2D eigenvalue weighted by molar-refractivity contribution is 6.03. The standard InChI is InChI=1S/C18H16F2N4O2/c1-2-16(25)23(13-4-3-12-8-21-17(26)14(12)5-13)9-11-7-22-24(10-11)15-6-18(15,19)20/h2-5,7,10,15H,1,6,8-9H2,(H,21,26). The molecule has 1 aromatic heterocycles. The molecule has 1 atom stereocenters. The maximum atomic E-state index is 13.2. The molecule has 1 aromatic carbocycles. The number of carbonyl (C=O) groups is 2. The molecule has 2 aromatic rings. The Morgan fingerprint density at radius 2 is 2.27 bits per heavy atom. The lowest BCUT2D eigenvalue weighted by Gasteiger charge is -2.21. The number of nitrogens with zero attached hydrogens (tertiary/aromatic N) is 3. The zero-order chi connectivity index (χ0) is 18.5. The van der Waals surface area contributed by atoms with Gasteiger partial charge in [0.05, 0.1) is 12.7 Å². The maximum Gasteiger partial charge on any atom is 0.272 e. The van der Waals surface area contributed by atoms with E-state index in [9.17, 15) is 18.4 Å². The van der Waals surface area contributed by atoms with Gasteiger partial charge in [0.2, 0.25) is 0 Å². The molecule has 0 bridgehead atoms. The van der Waals surface area contributed by atoms with Crippen LogP contribution in [-0.2, 0) is 17.9 Å². The average molecular weight is 358 g/mol. The first-order valence-electron chi connectivity index (χ1n) is 8.15. The van der Waals surface area contributed by atoms with Gasteiger partial charge in [0.15, 0.2) is 0 Å². The Labute approximate surface area is 148 Å². The number of amides is 2. The molecule has 134 valence electrons. The van der Waals surface area contributed by atoms with Crippen LogP contribution in [-0.4, -0.2) is 27.5 Å². The van der Waals surface area contributed by atoms with Crippen molar-refractivity contribution < 1.29 is 18.4 Å². The molecule has 2 aliphatic rings. The molecule has 0 spiro atoms. The van der Waals surface area contributed by atoms with Crippen LogP contribution in [0, 0.1) is 0 Å². The van der Waals surface area contributed by atoms with Gasteiger partial charge in [-0.05, 0) is 23.8 Å². The number of anilines is 1. The van der Waals surface area contributed by atoms with Gasteiger partial charge in [0.1, 0.15) is 6.04 Å². The van der Waals surface area contributed by atoms with E-state index < -0.39 is 12.0 Å². The Hall–Kier alpha value is -3.03. The van der Waals surface area contributed by atoms with Gasteiger partial charge in [-0.2, -0.15) is 5.10 Å². The molecule has 1 N–H and O–H groups in total. The summed E-state index contributed by atoms with van der Waals surface area (Å²) < 4.78 is 27.6. The first-order chi connectivity index (χ1) is 12.4. The van der Waals surface area contributed by atoms with E-state index in [2.05, 4.69) is 17.0 Å². The first kappa shape index (κ1) is 16.4. The molecule has 2 amide bonds. The first-order valence-corrected chi connectivity index (χ1v) is 8.15. The van der Waals surface area contributed by atoms with E-state index in [1.807, 2.05) is 0 Å². The fraction of sp³-hybridized carbons (Fsp3) is 0.278. The van der Waals surface area contributed by atoms with Crippen LogP contribution in [0.25, 0.3) is 0 Å². The SMILES string of the molecule is C=CC(=O)N(Cc1cnn(C2CC2(F)F)c1)c1ccc2c(c1)C(=O)NC2. The highest BCUT2D eigenvalue weighted by atomic mass is 19.3. The molecule has 6 nitrogen and oxygen atoms in total. The number of nitrogens with one attached hydrogen (secondary N) is 1. The Balaban J connectivity index is 1.60. The van der Waals surface area contributed by atoms with E-state index >= 15 is 0 Å². The van der Waals surface area contributed by atoms with Crippen molar-refractivity contribution >= 4 is 17.5 Å². The maximum absolute atomic E-state index is 13.2. The summed E-state index contributed by atoms with van der Waals surface area (Å²) >= 11 is 0. The second kappa shape index (κ2) is 5.76. The van der Waals surface area contributed by atoms with Crippen molar-refractivity contribution in [3.63, 3.8) is 0 Å². The largest absolute Gasteiger partial charge is 0.348 e. The number of alkyl halides is 2. The van der Waals surface area contributed by atoms with Gasteiger partial charge in [-0.3, -0.25) is 14.3 Å². The molecule has 4 rings (SSSR count). The predicted molar refractivity (Wildman–Crippen MR) is 89.8 cm³/mol. The number of hydrogen-bond acceptors (Lipinski definition) is 3. The third-order valence-corrected chi connectivity index (χ3v) is 4.64. The Morgan fingerprint density at radius 3 is 2.96 bits per heavy atom. The van der Waals surface area contributed by atoms with E-state index in [1.54, 1.807) is 18.2 Å². The quantitative estimate of drug-likeness (QED) is 0.835. The zero-order valence-corrected chi connectivity index (χ0v) is 13.8. The Kier molecular flexibility index (Phi) is 3.64. The minimum absolute atomic E-state index is 0.142. The summed E-state index contributed by atoms with van der Waals surface area (Å²) in [6.45, 7) is 4.11. The van der Waals surface area contributed by atoms with Gasteiger partial charge in [-0.15, -0.1) is 0 Å². The van der Waals surface area contributed by atoms with Crippen molar-refractivity contribution in [3.05, 3.63) is 59.9 Å². The second-order valence-electron chi connectivity index (χ2n) is 6.46. The highest BCUT2D eigenvalue weighted by Gasteiger charge is 2.59. The number of fused-ring (bicyclic) bond motifs is 1. The monoisotopic (exact) mass is 358 g/mol. The molecule has 1 fully saturated rings. The van der Waals surface area contributed by atoms with E-state index in [1.165, 1.54) is 28.1 Å². The lowest BCUT2D eigenvalue weighted by molar-refractivity contribution is -0.114. The van der Waals surface area contributed by atoms with Crippen LogP contribution >= 0.6 is 0 Å². The highest BCUT2D eigenvalue weighted by Crippen LogP contribution is 2.52. The molecule has 1 unspecified atom stereocenters. The van der Waals surface area contributed by atoms with E-state index in [0.29, 0.717) is 23.4 Å². The summed E-state index contributed by atoms with van der Waals surface area (Å²) in [5.41, 5.74) is 2.55. The van der Waals surface area contributed by atoms with Crippen LogP contribution in [0.1, 0.15) is 33.9 Å². The van der Waals surface area contributed by atoms with Gasteiger partial charge in [-0.1, -0.05) is 12.6 Å². The van der Waals surface area contributed by atoms with E-state index in [-0.39, 0.29) is 24.8 Å². The number of rotatable bonds is 5. The van der Waals surface area contributed by atoms with Crippen LogP contribution in [0.2, 0.25) is 0 Å². The predicted octanol–water partition coefficient (Wildman–Crippen LogP) is 2.43. The fourth-order valence-electron chi connectivity index (χ4n) is 3.07. The van der Waals surface area contributed by atoms with Gasteiger partial charge < -0.3 is 10.2 Å². The summed E-state index contributed by atoms with van der Waals surface area (Å²) in [4.78, 5) is 25.6. The van der Waals surface area contributed by atoms with E-state index in [0.717, 1.165) is 5.56 Å². The minimum Gasteiger partial charge on any atom is -0.348 e. The molecule has 1 saturated carbocycles. The molecule has 1 aliphatic carbocycles. The molecular formula is C18H16F2N4O2. The lowest BCUT2D eigenvalue weighted by Crippen LogP contribution is -2.28. The molecule has 8 heteroatoms. The molecule has 0 radical (unpaired) electrons. The van der Waals surface area contributed by atoms with Gasteiger partial charge in [-0.25, -0.2) is 8.78 Å². The van der Waals surface area contributed by atoms with Crippen molar-refractivity contribution in [3.8, 4) is 0 Å². The number of benzene rings is 1.